The van der Waals surface area contributed by atoms with Gasteiger partial charge in [-0.1, -0.05) is 67.0 Å². The van der Waals surface area contributed by atoms with E-state index >= 15 is 0 Å². The normalized spacial score (nSPS) is 50.2. The van der Waals surface area contributed by atoms with Gasteiger partial charge in [-0.2, -0.15) is 0 Å². The second-order valence-corrected chi connectivity index (χ2v) is 25.9. The molecule has 4 aliphatic heterocycles. The third kappa shape index (κ3) is 11.9. The van der Waals surface area contributed by atoms with Gasteiger partial charge in [0.15, 0.2) is 25.2 Å². The fraction of sp³-hybridized carbons (Fsp3) is 0.964. The predicted octanol–water partition coefficient (Wildman–Crippen LogP) is -2.21. The Kier molecular flexibility index (Phi) is 21.2. The Morgan fingerprint density at radius 2 is 1.07 bits per heavy atom. The van der Waals surface area contributed by atoms with Crippen molar-refractivity contribution in [3.05, 3.63) is 11.6 Å². The average molecular weight is 1160 g/mol. The van der Waals surface area contributed by atoms with Crippen molar-refractivity contribution < 1.29 is 120 Å². The Morgan fingerprint density at radius 1 is 0.588 bits per heavy atom. The van der Waals surface area contributed by atoms with Gasteiger partial charge in [-0.05, 0) is 99.7 Å². The van der Waals surface area contributed by atoms with Crippen molar-refractivity contribution in [2.45, 2.75) is 267 Å². The van der Waals surface area contributed by atoms with E-state index in [0.717, 1.165) is 18.4 Å². The third-order valence-electron chi connectivity index (χ3n) is 20.8. The number of hydrogen-bond donors (Lipinski definition) is 16. The summed E-state index contributed by atoms with van der Waals surface area (Å²) in [6.45, 7) is 17.5. The number of aliphatic hydroxyl groups excluding tert-OH is 15. The summed E-state index contributed by atoms with van der Waals surface area (Å²) >= 11 is 0. The molecule has 4 saturated heterocycles. The summed E-state index contributed by atoms with van der Waals surface area (Å²) in [5.41, 5.74) is -2.07. The van der Waals surface area contributed by atoms with Gasteiger partial charge in [0.1, 0.15) is 97.7 Å². The Labute approximate surface area is 469 Å². The first kappa shape index (κ1) is 66.3. The minimum Gasteiger partial charge on any atom is -0.394 e. The molecule has 0 amide bonds. The van der Waals surface area contributed by atoms with E-state index in [-0.39, 0.29) is 40.9 Å². The molecule has 0 radical (unpaired) electrons. The second-order valence-electron chi connectivity index (χ2n) is 25.9. The van der Waals surface area contributed by atoms with Gasteiger partial charge in [-0.15, -0.1) is 0 Å². The van der Waals surface area contributed by atoms with E-state index in [1.165, 1.54) is 13.8 Å². The SMILES string of the molecule is CC.C[C@H](CC[C@@H](O[C@@H]1O[C@H](CO[C@H]2O[C@H](CO)[C@@H](O)[C@H](O)[C@H]2O)[C@@H](O)[C@H](O)[C@H]1O[C@H]1O[C@@H](CO)[C@H](O)[C@@H](O)[C@@H]1O)C(C)(C)O)C1CC[C@@]2(C)C3CC=C4C(CC[C@H](O[C@@H]5O[C@H](CO)[C@@H](O)[C@H](O)[C@H]5O)C4(C)C)[C@]3(C)[C@H](O)C[C@]12C. The molecule has 7 fully saturated rings. The molecule has 0 bridgehead atoms. The number of ether oxygens (including phenoxy) is 8. The van der Waals surface area contributed by atoms with Gasteiger partial charge < -0.3 is 120 Å². The van der Waals surface area contributed by atoms with Crippen LogP contribution >= 0.6 is 0 Å². The van der Waals surface area contributed by atoms with Crippen LogP contribution in [0.4, 0.5) is 0 Å². The maximum atomic E-state index is 12.7. The van der Waals surface area contributed by atoms with Crippen molar-refractivity contribution in [2.75, 3.05) is 26.4 Å². The number of allylic oxidation sites excluding steroid dienone is 1. The lowest BCUT2D eigenvalue weighted by Gasteiger charge is -2.67. The van der Waals surface area contributed by atoms with Crippen molar-refractivity contribution in [1.82, 2.24) is 0 Å². The summed E-state index contributed by atoms with van der Waals surface area (Å²) in [7, 11) is 0. The summed E-state index contributed by atoms with van der Waals surface area (Å²) in [4.78, 5) is 0. The second kappa shape index (κ2) is 25.6. The van der Waals surface area contributed by atoms with Crippen LogP contribution in [0.25, 0.3) is 0 Å². The molecule has 3 unspecified atom stereocenters. The molecule has 0 spiro atoms. The summed E-state index contributed by atoms with van der Waals surface area (Å²) in [5, 5.41) is 172. The molecule has 3 saturated carbocycles. The number of hydrogen-bond acceptors (Lipinski definition) is 24. The third-order valence-corrected chi connectivity index (χ3v) is 20.8. The monoisotopic (exact) mass is 1150 g/mol. The zero-order valence-corrected chi connectivity index (χ0v) is 48.1. The van der Waals surface area contributed by atoms with Gasteiger partial charge in [0.05, 0.1) is 50.3 Å². The average Bonchev–Trinajstić information content (AvgIpc) is 2.87. The van der Waals surface area contributed by atoms with E-state index in [0.29, 0.717) is 32.1 Å². The molecule has 0 aromatic heterocycles. The quantitative estimate of drug-likeness (QED) is 0.0687. The fourth-order valence-electron chi connectivity index (χ4n) is 15.6. The molecule has 4 aliphatic carbocycles. The standard InChI is InChI=1S/C54H92O24.C2H6/c1-22(23-15-16-52(6)30-12-10-24-25(54(30,8)31(58)17-53(23,52)7)11-14-32(50(24,2)3)76-47-43(68)39(64)35(60)27(19-56)73-47)9-13-33(51(4,5)70)77-49-45(78-48-44(69)40(65)36(61)28(20-57)74-48)41(66)37(62)29(75-49)21-71-46-42(67)38(63)34(59)26(18-55)72-46;1-2/h10,22-23,25-49,55-70H,9,11-21H2,1-8H3;1-2H3/t22-,23?,25?,26-,27-,28+,29-,30?,31-,32+,33-,34-,35-,36+,37-,38+,39+,40-,41+,42-,43-,44+,45-,46+,47+,48-,49+,52+,53-,54+;/m1./s1. The highest BCUT2D eigenvalue weighted by atomic mass is 16.8. The van der Waals surface area contributed by atoms with Crippen LogP contribution < -0.4 is 0 Å². The molecule has 8 aliphatic rings. The van der Waals surface area contributed by atoms with Crippen LogP contribution in [0.15, 0.2) is 11.6 Å². The highest BCUT2D eigenvalue weighted by molar-refractivity contribution is 5.32. The minimum atomic E-state index is -1.93. The number of fused-ring (bicyclic) bond motifs is 5. The van der Waals surface area contributed by atoms with Crippen LogP contribution in [-0.2, 0) is 37.9 Å². The molecule has 466 valence electrons. The molecule has 0 aromatic carbocycles. The Morgan fingerprint density at radius 3 is 1.60 bits per heavy atom. The number of rotatable bonds is 17. The molecule has 16 N–H and O–H groups in total. The first-order valence-electron chi connectivity index (χ1n) is 29.0. The van der Waals surface area contributed by atoms with E-state index in [4.69, 9.17) is 37.9 Å². The minimum absolute atomic E-state index is 0.00555. The zero-order valence-electron chi connectivity index (χ0n) is 48.1. The summed E-state index contributed by atoms with van der Waals surface area (Å²) in [6.07, 6.45) is -27.6. The summed E-state index contributed by atoms with van der Waals surface area (Å²) in [5.74, 6) is 0.223. The van der Waals surface area contributed by atoms with E-state index in [1.54, 1.807) is 0 Å². The highest BCUT2D eigenvalue weighted by Crippen LogP contribution is 2.75. The fourth-order valence-corrected chi connectivity index (χ4v) is 15.6. The lowest BCUT2D eigenvalue weighted by Crippen LogP contribution is -2.65. The molecule has 8 rings (SSSR count). The summed E-state index contributed by atoms with van der Waals surface area (Å²) in [6, 6.07) is 0. The van der Waals surface area contributed by atoms with Gasteiger partial charge in [0.2, 0.25) is 0 Å². The van der Waals surface area contributed by atoms with Crippen molar-refractivity contribution in [1.29, 1.82) is 0 Å². The highest BCUT2D eigenvalue weighted by Gasteiger charge is 2.70. The van der Waals surface area contributed by atoms with Gasteiger partial charge in [-0.25, -0.2) is 0 Å². The lowest BCUT2D eigenvalue weighted by atomic mass is 9.38. The molecule has 80 heavy (non-hydrogen) atoms. The van der Waals surface area contributed by atoms with Crippen LogP contribution in [0.2, 0.25) is 0 Å². The maximum absolute atomic E-state index is 12.7. The van der Waals surface area contributed by atoms with Crippen LogP contribution in [0.5, 0.6) is 0 Å². The van der Waals surface area contributed by atoms with Crippen LogP contribution in [0.1, 0.15) is 121 Å². The Bertz CT molecular complexity index is 2020. The first-order chi connectivity index (χ1) is 37.4. The topological polar surface area (TPSA) is 398 Å². The van der Waals surface area contributed by atoms with Gasteiger partial charge >= 0.3 is 0 Å². The summed E-state index contributed by atoms with van der Waals surface area (Å²) < 4.78 is 47.7. The Hall–Kier alpha value is -1.22. The van der Waals surface area contributed by atoms with E-state index < -0.39 is 184 Å². The van der Waals surface area contributed by atoms with E-state index in [1.807, 2.05) is 13.8 Å². The molecule has 24 heteroatoms. The van der Waals surface area contributed by atoms with E-state index in [2.05, 4.69) is 47.6 Å². The molecule has 30 atom stereocenters. The van der Waals surface area contributed by atoms with Gasteiger partial charge in [0, 0.05) is 10.8 Å². The number of aliphatic hydroxyl groups is 16. The molecule has 0 aromatic rings. The molecular weight excluding hydrogens is 1060 g/mol. The zero-order chi connectivity index (χ0) is 59.5. The smallest absolute Gasteiger partial charge is 0.187 e. The van der Waals surface area contributed by atoms with E-state index in [9.17, 15) is 81.7 Å². The van der Waals surface area contributed by atoms with Crippen molar-refractivity contribution in [2.24, 2.45) is 45.3 Å². The Balaban J connectivity index is 0.00000457. The first-order valence-corrected chi connectivity index (χ1v) is 29.0. The van der Waals surface area contributed by atoms with Crippen LogP contribution in [0.3, 0.4) is 0 Å². The van der Waals surface area contributed by atoms with Gasteiger partial charge in [-0.3, -0.25) is 0 Å². The lowest BCUT2D eigenvalue weighted by molar-refractivity contribution is -0.380. The molecule has 24 nitrogen and oxygen atoms in total. The largest absolute Gasteiger partial charge is 0.394 e. The molecule has 4 heterocycles. The van der Waals surface area contributed by atoms with Crippen LogP contribution in [-0.4, -0.2) is 255 Å². The predicted molar refractivity (Wildman–Crippen MR) is 279 cm³/mol. The van der Waals surface area contributed by atoms with Gasteiger partial charge in [0.25, 0.3) is 0 Å². The van der Waals surface area contributed by atoms with Crippen LogP contribution in [0, 0.1) is 45.3 Å². The van der Waals surface area contributed by atoms with Crippen molar-refractivity contribution >= 4 is 0 Å². The van der Waals surface area contributed by atoms with Crippen molar-refractivity contribution in [3.8, 4) is 0 Å². The molecular formula is C56H98O24. The van der Waals surface area contributed by atoms with Crippen molar-refractivity contribution in [3.63, 3.8) is 0 Å². The maximum Gasteiger partial charge on any atom is 0.187 e.